The minimum atomic E-state index is -0.229. The monoisotopic (exact) mass is 194 g/mol. The quantitative estimate of drug-likeness (QED) is 0.510. The number of hydrogen-bond donors (Lipinski definition) is 0. The molecule has 78 valence electrons. The van der Waals surface area contributed by atoms with Gasteiger partial charge < -0.3 is 4.74 Å². The molecule has 2 bridgehead atoms. The van der Waals surface area contributed by atoms with E-state index in [4.69, 9.17) is 0 Å². The summed E-state index contributed by atoms with van der Waals surface area (Å²) in [5.74, 6) is 2.28. The molecule has 0 heterocycles. The van der Waals surface area contributed by atoms with E-state index in [1.165, 1.54) is 32.8 Å². The first-order valence-corrected chi connectivity index (χ1v) is 5.46. The van der Waals surface area contributed by atoms with Crippen LogP contribution in [0.25, 0.3) is 0 Å². The third-order valence-corrected chi connectivity index (χ3v) is 3.87. The lowest BCUT2D eigenvalue weighted by Gasteiger charge is -2.21. The van der Waals surface area contributed by atoms with Gasteiger partial charge in [0.25, 0.3) is 0 Å². The second-order valence-corrected chi connectivity index (χ2v) is 4.73. The fraction of sp³-hybridized carbons (Fsp3) is 0.750. The molecule has 0 aromatic heterocycles. The van der Waals surface area contributed by atoms with Crippen LogP contribution in [0.2, 0.25) is 0 Å². The Labute approximate surface area is 85.3 Å². The summed E-state index contributed by atoms with van der Waals surface area (Å²) in [5, 5.41) is 0. The van der Waals surface area contributed by atoms with E-state index in [1.807, 2.05) is 0 Å². The van der Waals surface area contributed by atoms with Crippen LogP contribution in [0, 0.1) is 17.8 Å². The van der Waals surface area contributed by atoms with Crippen molar-refractivity contribution in [2.45, 2.75) is 32.1 Å². The van der Waals surface area contributed by atoms with Gasteiger partial charge in [0.15, 0.2) is 0 Å². The number of fused-ring (bicyclic) bond motifs is 2. The van der Waals surface area contributed by atoms with Gasteiger partial charge in [-0.25, -0.2) is 4.79 Å². The predicted molar refractivity (Wildman–Crippen MR) is 54.7 cm³/mol. The molecule has 14 heavy (non-hydrogen) atoms. The van der Waals surface area contributed by atoms with E-state index in [0.717, 1.165) is 18.3 Å². The van der Waals surface area contributed by atoms with E-state index in [0.29, 0.717) is 11.5 Å². The number of ether oxygens (including phenoxy) is 1. The molecule has 3 atom stereocenters. The molecule has 2 heteroatoms. The lowest BCUT2D eigenvalue weighted by Crippen LogP contribution is -2.14. The van der Waals surface area contributed by atoms with Gasteiger partial charge in [-0.05, 0) is 43.4 Å². The third-order valence-electron chi connectivity index (χ3n) is 3.87. The molecule has 0 radical (unpaired) electrons. The summed E-state index contributed by atoms with van der Waals surface area (Å²) in [7, 11) is 1.42. The number of rotatable bonds is 3. The van der Waals surface area contributed by atoms with Crippen molar-refractivity contribution in [3.05, 3.63) is 12.2 Å². The van der Waals surface area contributed by atoms with E-state index in [9.17, 15) is 4.79 Å². The van der Waals surface area contributed by atoms with Crippen LogP contribution in [0.1, 0.15) is 32.1 Å². The van der Waals surface area contributed by atoms with Crippen LogP contribution in [0.3, 0.4) is 0 Å². The minimum absolute atomic E-state index is 0.229. The Morgan fingerprint density at radius 3 is 2.71 bits per heavy atom. The Kier molecular flexibility index (Phi) is 2.62. The number of carbonyl (C=O) groups is 1. The van der Waals surface area contributed by atoms with E-state index >= 15 is 0 Å². The van der Waals surface area contributed by atoms with Crippen LogP contribution in [-0.2, 0) is 9.53 Å². The molecule has 2 fully saturated rings. The average Bonchev–Trinajstić information content (AvgIpc) is 2.77. The van der Waals surface area contributed by atoms with E-state index in [-0.39, 0.29) is 5.97 Å². The van der Waals surface area contributed by atoms with E-state index in [2.05, 4.69) is 11.3 Å². The molecule has 0 N–H and O–H groups in total. The first-order chi connectivity index (χ1) is 6.70. The molecule has 0 aromatic rings. The Bertz CT molecular complexity index is 257. The second-order valence-electron chi connectivity index (χ2n) is 4.73. The van der Waals surface area contributed by atoms with Crippen molar-refractivity contribution < 1.29 is 9.53 Å². The van der Waals surface area contributed by atoms with Crippen LogP contribution >= 0.6 is 0 Å². The minimum Gasteiger partial charge on any atom is -0.466 e. The molecule has 0 spiro atoms. The molecule has 2 saturated carbocycles. The lowest BCUT2D eigenvalue weighted by atomic mass is 9.84. The molecule has 0 saturated heterocycles. The molecule has 0 aromatic carbocycles. The summed E-state index contributed by atoms with van der Waals surface area (Å²) in [6.07, 6.45) is 6.32. The SMILES string of the molecule is C=C(CC1C[C@@H]2CC[C@H]1C2)C(=O)OC. The van der Waals surface area contributed by atoms with Gasteiger partial charge in [0.05, 0.1) is 7.11 Å². The molecule has 2 aliphatic rings. The van der Waals surface area contributed by atoms with Crippen LogP contribution in [-0.4, -0.2) is 13.1 Å². The molecular formula is C12H18O2. The zero-order valence-corrected chi connectivity index (χ0v) is 8.79. The highest BCUT2D eigenvalue weighted by Gasteiger charge is 2.39. The number of carbonyl (C=O) groups excluding carboxylic acids is 1. The fourth-order valence-corrected chi connectivity index (χ4v) is 3.17. The van der Waals surface area contributed by atoms with Crippen molar-refractivity contribution in [1.29, 1.82) is 0 Å². The topological polar surface area (TPSA) is 26.3 Å². The maximum Gasteiger partial charge on any atom is 0.333 e. The van der Waals surface area contributed by atoms with Crippen LogP contribution < -0.4 is 0 Å². The summed E-state index contributed by atoms with van der Waals surface area (Å²) in [6, 6.07) is 0. The van der Waals surface area contributed by atoms with Gasteiger partial charge in [0, 0.05) is 5.57 Å². The lowest BCUT2D eigenvalue weighted by molar-refractivity contribution is -0.136. The average molecular weight is 194 g/mol. The van der Waals surface area contributed by atoms with Crippen LogP contribution in [0.15, 0.2) is 12.2 Å². The molecule has 0 aliphatic heterocycles. The Morgan fingerprint density at radius 1 is 1.43 bits per heavy atom. The van der Waals surface area contributed by atoms with Gasteiger partial charge in [-0.2, -0.15) is 0 Å². The normalized spacial score (nSPS) is 34.5. The largest absolute Gasteiger partial charge is 0.466 e. The van der Waals surface area contributed by atoms with E-state index in [1.54, 1.807) is 0 Å². The first-order valence-electron chi connectivity index (χ1n) is 5.46. The molecule has 2 aliphatic carbocycles. The zero-order chi connectivity index (χ0) is 10.1. The van der Waals surface area contributed by atoms with Crippen LogP contribution in [0.5, 0.6) is 0 Å². The third kappa shape index (κ3) is 1.70. The van der Waals surface area contributed by atoms with Gasteiger partial charge in [-0.15, -0.1) is 0 Å². The maximum absolute atomic E-state index is 11.2. The van der Waals surface area contributed by atoms with Crippen molar-refractivity contribution in [2.24, 2.45) is 17.8 Å². The summed E-state index contributed by atoms with van der Waals surface area (Å²) in [4.78, 5) is 11.2. The van der Waals surface area contributed by atoms with Crippen molar-refractivity contribution in [1.82, 2.24) is 0 Å². The molecule has 2 rings (SSSR count). The highest BCUT2D eigenvalue weighted by molar-refractivity contribution is 5.87. The maximum atomic E-state index is 11.2. The summed E-state index contributed by atoms with van der Waals surface area (Å²) < 4.78 is 4.66. The Morgan fingerprint density at radius 2 is 2.21 bits per heavy atom. The summed E-state index contributed by atoms with van der Waals surface area (Å²) in [6.45, 7) is 3.80. The van der Waals surface area contributed by atoms with Gasteiger partial charge in [0.2, 0.25) is 0 Å². The molecule has 2 nitrogen and oxygen atoms in total. The van der Waals surface area contributed by atoms with Gasteiger partial charge in [-0.3, -0.25) is 0 Å². The number of hydrogen-bond acceptors (Lipinski definition) is 2. The first kappa shape index (κ1) is 9.75. The van der Waals surface area contributed by atoms with Crippen molar-refractivity contribution in [3.8, 4) is 0 Å². The number of methoxy groups -OCH3 is 1. The molecule has 1 unspecified atom stereocenters. The van der Waals surface area contributed by atoms with Crippen molar-refractivity contribution >= 4 is 5.97 Å². The smallest absolute Gasteiger partial charge is 0.333 e. The predicted octanol–water partition coefficient (Wildman–Crippen LogP) is 2.54. The van der Waals surface area contributed by atoms with Crippen molar-refractivity contribution in [2.75, 3.05) is 7.11 Å². The van der Waals surface area contributed by atoms with Gasteiger partial charge in [0.1, 0.15) is 0 Å². The second kappa shape index (κ2) is 3.76. The molecule has 0 amide bonds. The Hall–Kier alpha value is -0.790. The number of esters is 1. The Balaban J connectivity index is 1.87. The van der Waals surface area contributed by atoms with Gasteiger partial charge >= 0.3 is 5.97 Å². The fourth-order valence-electron chi connectivity index (χ4n) is 3.17. The van der Waals surface area contributed by atoms with Crippen LogP contribution in [0.4, 0.5) is 0 Å². The standard InChI is InChI=1S/C12H18O2/c1-8(12(13)14-2)5-11-7-9-3-4-10(11)6-9/h9-11H,1,3-7H2,2H3/t9-,10+,11?/m1/s1. The summed E-state index contributed by atoms with van der Waals surface area (Å²) in [5.41, 5.74) is 0.657. The zero-order valence-electron chi connectivity index (χ0n) is 8.79. The van der Waals surface area contributed by atoms with E-state index < -0.39 is 0 Å². The molecular weight excluding hydrogens is 176 g/mol. The highest BCUT2D eigenvalue weighted by atomic mass is 16.5. The summed E-state index contributed by atoms with van der Waals surface area (Å²) >= 11 is 0. The van der Waals surface area contributed by atoms with Crippen molar-refractivity contribution in [3.63, 3.8) is 0 Å². The van der Waals surface area contributed by atoms with Gasteiger partial charge in [-0.1, -0.05) is 13.0 Å². The highest BCUT2D eigenvalue weighted by Crippen LogP contribution is 2.50.